The highest BCUT2D eigenvalue weighted by Gasteiger charge is 2.34. The summed E-state index contributed by atoms with van der Waals surface area (Å²) in [5.74, 6) is -1.35. The molecule has 0 radical (unpaired) electrons. The van der Waals surface area contributed by atoms with Gasteiger partial charge in [0.15, 0.2) is 11.5 Å². The quantitative estimate of drug-likeness (QED) is 0.515. The van der Waals surface area contributed by atoms with Crippen molar-refractivity contribution in [2.24, 2.45) is 5.92 Å². The van der Waals surface area contributed by atoms with Gasteiger partial charge < -0.3 is 26.0 Å². The van der Waals surface area contributed by atoms with Crippen molar-refractivity contribution < 1.29 is 24.9 Å². The van der Waals surface area contributed by atoms with Crippen LogP contribution in [0, 0.1) is 5.92 Å². The minimum atomic E-state index is -1.17. The van der Waals surface area contributed by atoms with Gasteiger partial charge in [0.25, 0.3) is 0 Å². The van der Waals surface area contributed by atoms with Crippen molar-refractivity contribution in [2.45, 2.75) is 31.8 Å². The molecule has 3 unspecified atom stereocenters. The number of hydrogen-bond donors (Lipinski definition) is 5. The second kappa shape index (κ2) is 5.90. The fourth-order valence-corrected chi connectivity index (χ4v) is 2.02. The number of carboxylic acid groups (broad SMARTS) is 1. The number of aliphatic carboxylic acids is 1. The lowest BCUT2D eigenvalue weighted by Crippen LogP contribution is -2.47. The number of phenols is 2. The van der Waals surface area contributed by atoms with Crippen LogP contribution in [-0.2, 0) is 11.2 Å². The Morgan fingerprint density at radius 3 is 2.52 bits per heavy atom. The molecule has 1 aromatic carbocycles. The number of carbonyl (C=O) groups is 2. The first-order chi connectivity index (χ1) is 9.86. The van der Waals surface area contributed by atoms with Gasteiger partial charge >= 0.3 is 12.0 Å². The molecule has 0 saturated heterocycles. The number of aromatic hydroxyl groups is 2. The molecule has 7 heteroatoms. The van der Waals surface area contributed by atoms with E-state index in [4.69, 9.17) is 5.11 Å². The summed E-state index contributed by atoms with van der Waals surface area (Å²) in [7, 11) is 0. The summed E-state index contributed by atoms with van der Waals surface area (Å²) in [6.45, 7) is 2.00. The minimum absolute atomic E-state index is 0.0107. The standard InChI is InChI=1S/C14H18N2O5/c1-7-4-9(7)15-14(21)16-10(13(19)20)5-8-2-3-11(17)12(18)6-8/h2-3,6-7,9-10,17-18H,4-5H2,1H3,(H,19,20)(H2,15,16,21). The third kappa shape index (κ3) is 4.01. The molecule has 5 N–H and O–H groups in total. The van der Waals surface area contributed by atoms with Crippen LogP contribution in [0.15, 0.2) is 18.2 Å². The maximum absolute atomic E-state index is 11.7. The van der Waals surface area contributed by atoms with E-state index >= 15 is 0 Å². The molecule has 3 atom stereocenters. The lowest BCUT2D eigenvalue weighted by atomic mass is 10.1. The normalized spacial score (nSPS) is 21.4. The molecule has 0 spiro atoms. The van der Waals surface area contributed by atoms with Gasteiger partial charge in [0.2, 0.25) is 0 Å². The molecule has 0 bridgehead atoms. The number of urea groups is 1. The van der Waals surface area contributed by atoms with Crippen molar-refractivity contribution in [1.29, 1.82) is 0 Å². The number of carboxylic acids is 1. The fraction of sp³-hybridized carbons (Fsp3) is 0.429. The first kappa shape index (κ1) is 15.0. The van der Waals surface area contributed by atoms with E-state index in [1.165, 1.54) is 18.2 Å². The Hall–Kier alpha value is -2.44. The summed E-state index contributed by atoms with van der Waals surface area (Å²) in [5, 5.41) is 32.9. The number of benzene rings is 1. The van der Waals surface area contributed by atoms with E-state index in [0.717, 1.165) is 6.42 Å². The number of amides is 2. The number of carbonyl (C=O) groups excluding carboxylic acids is 1. The average Bonchev–Trinajstić information content (AvgIpc) is 3.08. The van der Waals surface area contributed by atoms with Crippen LogP contribution in [0.25, 0.3) is 0 Å². The highest BCUT2D eigenvalue weighted by atomic mass is 16.4. The Balaban J connectivity index is 1.96. The van der Waals surface area contributed by atoms with Crippen molar-refractivity contribution in [2.75, 3.05) is 0 Å². The third-order valence-corrected chi connectivity index (χ3v) is 3.51. The SMILES string of the molecule is CC1CC1NC(=O)NC(Cc1ccc(O)c(O)c1)C(=O)O. The van der Waals surface area contributed by atoms with Gasteiger partial charge in [-0.1, -0.05) is 13.0 Å². The molecule has 1 aliphatic rings. The van der Waals surface area contributed by atoms with E-state index < -0.39 is 18.0 Å². The van der Waals surface area contributed by atoms with Crippen molar-refractivity contribution >= 4 is 12.0 Å². The number of hydrogen-bond acceptors (Lipinski definition) is 4. The molecule has 1 aromatic rings. The molecule has 2 amide bonds. The predicted molar refractivity (Wildman–Crippen MR) is 74.1 cm³/mol. The lowest BCUT2D eigenvalue weighted by molar-refractivity contribution is -0.139. The topological polar surface area (TPSA) is 119 Å². The van der Waals surface area contributed by atoms with Crippen LogP contribution < -0.4 is 10.6 Å². The molecule has 2 rings (SSSR count). The summed E-state index contributed by atoms with van der Waals surface area (Å²) < 4.78 is 0. The predicted octanol–water partition coefficient (Wildman–Crippen LogP) is 0.801. The maximum atomic E-state index is 11.7. The Kier molecular flexibility index (Phi) is 4.21. The Morgan fingerprint density at radius 1 is 1.33 bits per heavy atom. The van der Waals surface area contributed by atoms with Crippen molar-refractivity contribution in [3.63, 3.8) is 0 Å². The van der Waals surface area contributed by atoms with Gasteiger partial charge in [-0.25, -0.2) is 9.59 Å². The third-order valence-electron chi connectivity index (χ3n) is 3.51. The van der Waals surface area contributed by atoms with E-state index in [-0.39, 0.29) is 24.0 Å². The molecular weight excluding hydrogens is 276 g/mol. The Labute approximate surface area is 121 Å². The van der Waals surface area contributed by atoms with E-state index in [1.807, 2.05) is 6.92 Å². The van der Waals surface area contributed by atoms with E-state index in [1.54, 1.807) is 0 Å². The van der Waals surface area contributed by atoms with Gasteiger partial charge in [-0.05, 0) is 30.0 Å². The monoisotopic (exact) mass is 294 g/mol. The Bertz CT molecular complexity index is 560. The smallest absolute Gasteiger partial charge is 0.326 e. The van der Waals surface area contributed by atoms with Crippen LogP contribution in [0.1, 0.15) is 18.9 Å². The largest absolute Gasteiger partial charge is 0.504 e. The molecule has 0 aliphatic heterocycles. The van der Waals surface area contributed by atoms with Crippen LogP contribution in [0.3, 0.4) is 0 Å². The first-order valence-corrected chi connectivity index (χ1v) is 6.67. The van der Waals surface area contributed by atoms with Crippen molar-refractivity contribution in [3.8, 4) is 11.5 Å². The fourth-order valence-electron chi connectivity index (χ4n) is 2.02. The molecule has 1 aliphatic carbocycles. The highest BCUT2D eigenvalue weighted by Crippen LogP contribution is 2.28. The molecule has 21 heavy (non-hydrogen) atoms. The zero-order valence-electron chi connectivity index (χ0n) is 11.5. The summed E-state index contributed by atoms with van der Waals surface area (Å²) in [4.78, 5) is 22.9. The van der Waals surface area contributed by atoms with Gasteiger partial charge in [0.05, 0.1) is 0 Å². The zero-order chi connectivity index (χ0) is 15.6. The second-order valence-electron chi connectivity index (χ2n) is 5.36. The van der Waals surface area contributed by atoms with Gasteiger partial charge in [0, 0.05) is 12.5 Å². The lowest BCUT2D eigenvalue weighted by Gasteiger charge is -2.15. The van der Waals surface area contributed by atoms with E-state index in [2.05, 4.69) is 10.6 Å². The van der Waals surface area contributed by atoms with Gasteiger partial charge in [0.1, 0.15) is 6.04 Å². The zero-order valence-corrected chi connectivity index (χ0v) is 11.5. The van der Waals surface area contributed by atoms with Gasteiger partial charge in [-0.15, -0.1) is 0 Å². The molecule has 1 saturated carbocycles. The summed E-state index contributed by atoms with van der Waals surface area (Å²) in [6.07, 6.45) is 0.911. The minimum Gasteiger partial charge on any atom is -0.504 e. The van der Waals surface area contributed by atoms with Crippen LogP contribution in [0.5, 0.6) is 11.5 Å². The molecule has 0 heterocycles. The number of rotatable bonds is 5. The number of nitrogens with one attached hydrogen (secondary N) is 2. The van der Waals surface area contributed by atoms with Crippen LogP contribution in [0.4, 0.5) is 4.79 Å². The van der Waals surface area contributed by atoms with Gasteiger partial charge in [-0.3, -0.25) is 0 Å². The van der Waals surface area contributed by atoms with Crippen molar-refractivity contribution in [3.05, 3.63) is 23.8 Å². The molecule has 7 nitrogen and oxygen atoms in total. The van der Waals surface area contributed by atoms with E-state index in [9.17, 15) is 19.8 Å². The summed E-state index contributed by atoms with van der Waals surface area (Å²) in [5.41, 5.74) is 0.498. The molecule has 0 aromatic heterocycles. The summed E-state index contributed by atoms with van der Waals surface area (Å²) in [6, 6.07) is 2.52. The molecule has 114 valence electrons. The Morgan fingerprint density at radius 2 is 2.00 bits per heavy atom. The molecule has 1 fully saturated rings. The maximum Gasteiger partial charge on any atom is 0.326 e. The van der Waals surface area contributed by atoms with Crippen molar-refractivity contribution in [1.82, 2.24) is 10.6 Å². The van der Waals surface area contributed by atoms with Crippen LogP contribution in [0.2, 0.25) is 0 Å². The van der Waals surface area contributed by atoms with Crippen LogP contribution in [-0.4, -0.2) is 39.4 Å². The average molecular weight is 294 g/mol. The highest BCUT2D eigenvalue weighted by molar-refractivity contribution is 5.83. The summed E-state index contributed by atoms with van der Waals surface area (Å²) >= 11 is 0. The van der Waals surface area contributed by atoms with Gasteiger partial charge in [-0.2, -0.15) is 0 Å². The van der Waals surface area contributed by atoms with Crippen LogP contribution >= 0.6 is 0 Å². The first-order valence-electron chi connectivity index (χ1n) is 6.67. The van der Waals surface area contributed by atoms with E-state index in [0.29, 0.717) is 11.5 Å². The molecular formula is C14H18N2O5. The number of phenolic OH excluding ortho intramolecular Hbond substituents is 2. The second-order valence-corrected chi connectivity index (χ2v) is 5.36.